The van der Waals surface area contributed by atoms with Gasteiger partial charge < -0.3 is 4.74 Å². The number of ether oxygens (including phenoxy) is 1. The maximum absolute atomic E-state index is 13.0. The maximum Gasteiger partial charge on any atom is 0.310 e. The molecule has 0 saturated carbocycles. The van der Waals surface area contributed by atoms with Crippen molar-refractivity contribution in [3.8, 4) is 0 Å². The normalized spacial score (nSPS) is 14.6. The largest absolute Gasteiger partial charge is 0.465 e. The predicted molar refractivity (Wildman–Crippen MR) is 138 cm³/mol. The molecule has 0 spiro atoms. The van der Waals surface area contributed by atoms with Gasteiger partial charge in [-0.05, 0) is 43.9 Å². The van der Waals surface area contributed by atoms with E-state index in [9.17, 15) is 4.79 Å². The molecule has 1 atom stereocenters. The van der Waals surface area contributed by atoms with Gasteiger partial charge >= 0.3 is 5.97 Å². The van der Waals surface area contributed by atoms with Crippen molar-refractivity contribution in [3.05, 3.63) is 0 Å². The highest BCUT2D eigenvalue weighted by atomic mass is 32.2. The van der Waals surface area contributed by atoms with Gasteiger partial charge in [-0.2, -0.15) is 0 Å². The Hall–Kier alpha value is 0.260. The van der Waals surface area contributed by atoms with Crippen LogP contribution in [0.15, 0.2) is 0 Å². The molecule has 0 bridgehead atoms. The van der Waals surface area contributed by atoms with E-state index in [0.717, 1.165) is 35.6 Å². The van der Waals surface area contributed by atoms with Crippen LogP contribution in [0.25, 0.3) is 0 Å². The first-order valence-electron chi connectivity index (χ1n) is 11.0. The zero-order chi connectivity index (χ0) is 23.1. The number of thiocarbonyl (C=S) groups is 1. The Labute approximate surface area is 195 Å². The third-order valence-electron chi connectivity index (χ3n) is 4.59. The van der Waals surface area contributed by atoms with Crippen molar-refractivity contribution >= 4 is 45.2 Å². The molecule has 0 fully saturated rings. The lowest BCUT2D eigenvalue weighted by molar-refractivity contribution is -0.150. The van der Waals surface area contributed by atoms with Crippen LogP contribution in [-0.2, 0) is 9.53 Å². The number of rotatable bonds is 10. The average molecular weight is 463 g/mol. The molecule has 172 valence electrons. The summed E-state index contributed by atoms with van der Waals surface area (Å²) in [5, 5.41) is 0. The molecule has 0 aromatic heterocycles. The standard InChI is InChI=1S/C24H46O2S3/c1-12-13-14-15-26-19(25)18(16-21(2,3)4)24(10,11)29-20(27)28-23(8,9)17-22(5,6)7/h18H,12-17H2,1-11H3. The highest BCUT2D eigenvalue weighted by molar-refractivity contribution is 8.48. The molecule has 2 nitrogen and oxygen atoms in total. The first kappa shape index (κ1) is 29.3. The van der Waals surface area contributed by atoms with E-state index in [1.807, 2.05) is 0 Å². The monoisotopic (exact) mass is 462 g/mol. The molecule has 0 heterocycles. The summed E-state index contributed by atoms with van der Waals surface area (Å²) in [5.41, 5.74) is 0.300. The van der Waals surface area contributed by atoms with Crippen molar-refractivity contribution in [2.24, 2.45) is 16.7 Å². The Balaban J connectivity index is 5.23. The van der Waals surface area contributed by atoms with Crippen LogP contribution in [0.5, 0.6) is 0 Å². The summed E-state index contributed by atoms with van der Waals surface area (Å²) in [4.78, 5) is 13.0. The minimum Gasteiger partial charge on any atom is -0.465 e. The molecule has 0 aliphatic carbocycles. The molecule has 0 radical (unpaired) electrons. The Kier molecular flexibility index (Phi) is 11.9. The number of esters is 1. The van der Waals surface area contributed by atoms with E-state index in [-0.39, 0.29) is 32.2 Å². The molecule has 5 heteroatoms. The minimum absolute atomic E-state index is 0.0468. The zero-order valence-corrected chi connectivity index (χ0v) is 23.3. The highest BCUT2D eigenvalue weighted by Crippen LogP contribution is 2.46. The van der Waals surface area contributed by atoms with Crippen LogP contribution in [0, 0.1) is 16.7 Å². The molecule has 0 aliphatic rings. The van der Waals surface area contributed by atoms with Gasteiger partial charge in [0.1, 0.15) is 3.53 Å². The van der Waals surface area contributed by atoms with Gasteiger partial charge in [-0.1, -0.05) is 87.4 Å². The quantitative estimate of drug-likeness (QED) is 0.184. The van der Waals surface area contributed by atoms with Gasteiger partial charge in [0, 0.05) is 9.49 Å². The summed E-state index contributed by atoms with van der Waals surface area (Å²) in [6, 6.07) is 0. The van der Waals surface area contributed by atoms with Gasteiger partial charge in [0.25, 0.3) is 0 Å². The van der Waals surface area contributed by atoms with E-state index in [2.05, 4.69) is 76.2 Å². The predicted octanol–water partition coefficient (Wildman–Crippen LogP) is 8.52. The second-order valence-corrected chi connectivity index (χ2v) is 16.3. The molecular formula is C24H46O2S3. The fourth-order valence-corrected chi connectivity index (χ4v) is 8.21. The van der Waals surface area contributed by atoms with Gasteiger partial charge in [-0.25, -0.2) is 0 Å². The van der Waals surface area contributed by atoms with E-state index in [1.54, 1.807) is 23.5 Å². The smallest absolute Gasteiger partial charge is 0.310 e. The van der Waals surface area contributed by atoms with Crippen LogP contribution in [0.1, 0.15) is 108 Å². The van der Waals surface area contributed by atoms with Crippen molar-refractivity contribution in [2.45, 2.75) is 118 Å². The number of hydrogen-bond acceptors (Lipinski definition) is 5. The summed E-state index contributed by atoms with van der Waals surface area (Å²) >= 11 is 9.22. The Morgan fingerprint density at radius 2 is 1.45 bits per heavy atom. The van der Waals surface area contributed by atoms with E-state index >= 15 is 0 Å². The summed E-state index contributed by atoms with van der Waals surface area (Å²) in [6.07, 6.45) is 5.03. The van der Waals surface area contributed by atoms with Gasteiger partial charge in [0.15, 0.2) is 0 Å². The van der Waals surface area contributed by atoms with Crippen molar-refractivity contribution in [3.63, 3.8) is 0 Å². The molecule has 0 rings (SSSR count). The summed E-state index contributed by atoms with van der Waals surface area (Å²) in [5.74, 6) is -0.256. The number of unbranched alkanes of at least 4 members (excludes halogenated alkanes) is 2. The zero-order valence-electron chi connectivity index (χ0n) is 20.9. The van der Waals surface area contributed by atoms with Crippen molar-refractivity contribution in [1.82, 2.24) is 0 Å². The Bertz CT molecular complexity index is 525. The van der Waals surface area contributed by atoms with E-state index in [4.69, 9.17) is 17.0 Å². The lowest BCUT2D eigenvalue weighted by Crippen LogP contribution is -2.39. The summed E-state index contributed by atoms with van der Waals surface area (Å²) in [6.45, 7) is 24.8. The first-order chi connectivity index (χ1) is 12.9. The van der Waals surface area contributed by atoms with Crippen LogP contribution in [0.2, 0.25) is 0 Å². The molecule has 0 aromatic carbocycles. The van der Waals surface area contributed by atoms with Crippen molar-refractivity contribution < 1.29 is 9.53 Å². The number of carbonyl (C=O) groups excluding carboxylic acids is 1. The third kappa shape index (κ3) is 14.0. The number of hydrogen-bond donors (Lipinski definition) is 0. The van der Waals surface area contributed by atoms with Gasteiger partial charge in [0.2, 0.25) is 0 Å². The van der Waals surface area contributed by atoms with Crippen LogP contribution < -0.4 is 0 Å². The number of thioether (sulfide) groups is 2. The van der Waals surface area contributed by atoms with Crippen LogP contribution >= 0.6 is 35.7 Å². The van der Waals surface area contributed by atoms with Crippen molar-refractivity contribution in [1.29, 1.82) is 0 Å². The van der Waals surface area contributed by atoms with E-state index < -0.39 is 0 Å². The molecule has 0 N–H and O–H groups in total. The average Bonchev–Trinajstić information content (AvgIpc) is 2.44. The molecule has 0 aromatic rings. The third-order valence-corrected chi connectivity index (χ3v) is 7.44. The minimum atomic E-state index is -0.309. The second kappa shape index (κ2) is 11.8. The SMILES string of the molecule is CCCCCOC(=O)C(CC(C)(C)C)C(C)(C)SC(=S)SC(C)(C)CC(C)(C)C. The van der Waals surface area contributed by atoms with E-state index in [1.165, 1.54) is 0 Å². The van der Waals surface area contributed by atoms with Crippen LogP contribution in [-0.4, -0.2) is 25.6 Å². The molecule has 0 saturated heterocycles. The second-order valence-electron chi connectivity index (χ2n) is 11.7. The fourth-order valence-electron chi connectivity index (χ4n) is 3.70. The maximum atomic E-state index is 13.0. The van der Waals surface area contributed by atoms with E-state index in [0.29, 0.717) is 6.61 Å². The topological polar surface area (TPSA) is 26.3 Å². The van der Waals surface area contributed by atoms with Gasteiger partial charge in [-0.15, -0.1) is 23.5 Å². The molecule has 0 amide bonds. The van der Waals surface area contributed by atoms with Gasteiger partial charge in [0.05, 0.1) is 12.5 Å². The Morgan fingerprint density at radius 3 is 1.90 bits per heavy atom. The first-order valence-corrected chi connectivity index (χ1v) is 13.0. The lowest BCUT2D eigenvalue weighted by Gasteiger charge is -2.37. The lowest BCUT2D eigenvalue weighted by atomic mass is 9.79. The summed E-state index contributed by atoms with van der Waals surface area (Å²) in [7, 11) is 0. The highest BCUT2D eigenvalue weighted by Gasteiger charge is 2.41. The Morgan fingerprint density at radius 1 is 0.897 bits per heavy atom. The number of carbonyl (C=O) groups is 1. The van der Waals surface area contributed by atoms with Crippen LogP contribution in [0.4, 0.5) is 0 Å². The molecule has 0 aliphatic heterocycles. The summed E-state index contributed by atoms with van der Waals surface area (Å²) < 4.78 is 6.36. The van der Waals surface area contributed by atoms with Crippen LogP contribution in [0.3, 0.4) is 0 Å². The fraction of sp³-hybridized carbons (Fsp3) is 0.917. The molecule has 1 unspecified atom stereocenters. The molecule has 29 heavy (non-hydrogen) atoms. The van der Waals surface area contributed by atoms with Gasteiger partial charge in [-0.3, -0.25) is 4.79 Å². The molecular weight excluding hydrogens is 416 g/mol. The van der Waals surface area contributed by atoms with Crippen molar-refractivity contribution in [2.75, 3.05) is 6.61 Å².